The Bertz CT molecular complexity index is 601. The molecule has 0 spiro atoms. The van der Waals surface area contributed by atoms with Crippen molar-refractivity contribution in [2.75, 3.05) is 19.0 Å². The van der Waals surface area contributed by atoms with E-state index in [0.717, 1.165) is 19.3 Å². The van der Waals surface area contributed by atoms with Gasteiger partial charge in [0.15, 0.2) is 0 Å². The van der Waals surface area contributed by atoms with Gasteiger partial charge < -0.3 is 15.4 Å². The topological polar surface area (TPSA) is 91.2 Å². The molecule has 0 heterocycles. The number of amides is 1. The lowest BCUT2D eigenvalue weighted by Gasteiger charge is -2.06. The van der Waals surface area contributed by atoms with Crippen LogP contribution in [0.15, 0.2) is 36.0 Å². The number of unbranched alkanes of at least 4 members (excludes halogenated alkanes) is 1. The molecule has 0 radical (unpaired) electrons. The van der Waals surface area contributed by atoms with Crippen LogP contribution >= 0.6 is 0 Å². The number of hydrogen-bond donors (Lipinski definition) is 2. The predicted octanol–water partition coefficient (Wildman–Crippen LogP) is 2.14. The highest BCUT2D eigenvalue weighted by atomic mass is 16.5. The van der Waals surface area contributed by atoms with Gasteiger partial charge in [0.05, 0.1) is 7.11 Å². The monoisotopic (exact) mass is 315 g/mol. The highest BCUT2D eigenvalue weighted by Gasteiger charge is 2.09. The lowest BCUT2D eigenvalue weighted by molar-refractivity contribution is -0.139. The van der Waals surface area contributed by atoms with E-state index in [1.54, 1.807) is 18.2 Å². The van der Waals surface area contributed by atoms with E-state index >= 15 is 0 Å². The molecule has 1 aromatic rings. The number of hydrogen-bond acceptors (Lipinski definition) is 5. The van der Waals surface area contributed by atoms with Crippen LogP contribution in [0.25, 0.3) is 0 Å². The summed E-state index contributed by atoms with van der Waals surface area (Å²) in [4.78, 5) is 22.9. The van der Waals surface area contributed by atoms with Crippen molar-refractivity contribution in [3.63, 3.8) is 0 Å². The van der Waals surface area contributed by atoms with Crippen LogP contribution in [0.2, 0.25) is 0 Å². The first kappa shape index (κ1) is 18.2. The Balaban J connectivity index is 2.60. The molecule has 0 saturated heterocycles. The van der Waals surface area contributed by atoms with E-state index in [9.17, 15) is 9.59 Å². The molecule has 0 aliphatic rings. The Morgan fingerprint density at radius 1 is 1.30 bits per heavy atom. The standard InChI is InChI=1S/C17H21N3O3/c1-3-4-5-13-6-8-15(9-7-13)20-17(22)14(10-18)11-19-12-16(21)23-2/h6-9,11,19H,3-5,12H2,1-2H3,(H,20,22)/b14-11-. The number of nitrogens with one attached hydrogen (secondary N) is 2. The van der Waals surface area contributed by atoms with E-state index in [-0.39, 0.29) is 12.1 Å². The van der Waals surface area contributed by atoms with Gasteiger partial charge >= 0.3 is 5.97 Å². The summed E-state index contributed by atoms with van der Waals surface area (Å²) in [6, 6.07) is 9.31. The SMILES string of the molecule is CCCCc1ccc(NC(=O)/C(C#N)=C\NCC(=O)OC)cc1. The lowest BCUT2D eigenvalue weighted by atomic mass is 10.1. The molecular weight excluding hydrogens is 294 g/mol. The third kappa shape index (κ3) is 6.66. The van der Waals surface area contributed by atoms with E-state index in [1.807, 2.05) is 12.1 Å². The Hall–Kier alpha value is -2.81. The molecule has 1 rings (SSSR count). The summed E-state index contributed by atoms with van der Waals surface area (Å²) >= 11 is 0. The zero-order valence-electron chi connectivity index (χ0n) is 13.4. The number of carbonyl (C=O) groups excluding carboxylic acids is 2. The Labute approximate surface area is 136 Å². The lowest BCUT2D eigenvalue weighted by Crippen LogP contribution is -2.22. The molecule has 6 heteroatoms. The second kappa shape index (κ2) is 10.0. The van der Waals surface area contributed by atoms with E-state index in [1.165, 1.54) is 18.9 Å². The zero-order chi connectivity index (χ0) is 17.1. The number of aryl methyl sites for hydroxylation is 1. The van der Waals surface area contributed by atoms with Crippen molar-refractivity contribution >= 4 is 17.6 Å². The molecule has 0 saturated carbocycles. The number of ether oxygens (including phenoxy) is 1. The number of esters is 1. The fourth-order valence-corrected chi connectivity index (χ4v) is 1.79. The fraction of sp³-hybridized carbons (Fsp3) is 0.353. The van der Waals surface area contributed by atoms with E-state index in [0.29, 0.717) is 5.69 Å². The molecule has 0 bridgehead atoms. The number of carbonyl (C=O) groups is 2. The summed E-state index contributed by atoms with van der Waals surface area (Å²) < 4.78 is 4.45. The average Bonchev–Trinajstić information content (AvgIpc) is 2.57. The minimum absolute atomic E-state index is 0.110. The summed E-state index contributed by atoms with van der Waals surface area (Å²) in [6.07, 6.45) is 4.46. The van der Waals surface area contributed by atoms with Gasteiger partial charge in [-0.1, -0.05) is 25.5 Å². The number of nitrogens with zero attached hydrogens (tertiary/aromatic N) is 1. The number of methoxy groups -OCH3 is 1. The van der Waals surface area contributed by atoms with Crippen molar-refractivity contribution in [2.45, 2.75) is 26.2 Å². The van der Waals surface area contributed by atoms with Crippen LogP contribution in [-0.4, -0.2) is 25.5 Å². The van der Waals surface area contributed by atoms with Gasteiger partial charge in [-0.15, -0.1) is 0 Å². The molecule has 1 aromatic carbocycles. The quantitative estimate of drug-likeness (QED) is 0.436. The molecule has 6 nitrogen and oxygen atoms in total. The minimum Gasteiger partial charge on any atom is -0.468 e. The van der Waals surface area contributed by atoms with Gasteiger partial charge in [-0.25, -0.2) is 0 Å². The maximum absolute atomic E-state index is 12.0. The summed E-state index contributed by atoms with van der Waals surface area (Å²) in [5.74, 6) is -1.02. The first-order chi connectivity index (χ1) is 11.1. The molecule has 0 fully saturated rings. The number of anilines is 1. The van der Waals surface area contributed by atoms with Crippen LogP contribution in [0.4, 0.5) is 5.69 Å². The molecule has 0 unspecified atom stereocenters. The first-order valence-corrected chi connectivity index (χ1v) is 7.41. The van der Waals surface area contributed by atoms with Gasteiger partial charge in [-0.2, -0.15) is 5.26 Å². The van der Waals surface area contributed by atoms with Crippen LogP contribution in [0.1, 0.15) is 25.3 Å². The van der Waals surface area contributed by atoms with E-state index in [2.05, 4.69) is 22.3 Å². The molecule has 23 heavy (non-hydrogen) atoms. The Morgan fingerprint density at radius 3 is 2.57 bits per heavy atom. The van der Waals surface area contributed by atoms with Crippen molar-refractivity contribution in [1.82, 2.24) is 5.32 Å². The maximum Gasteiger partial charge on any atom is 0.325 e. The first-order valence-electron chi connectivity index (χ1n) is 7.41. The predicted molar refractivity (Wildman–Crippen MR) is 87.4 cm³/mol. The van der Waals surface area contributed by atoms with Crippen LogP contribution < -0.4 is 10.6 Å². The molecule has 1 amide bonds. The maximum atomic E-state index is 12.0. The third-order valence-electron chi connectivity index (χ3n) is 3.12. The second-order valence-corrected chi connectivity index (χ2v) is 4.88. The fourth-order valence-electron chi connectivity index (χ4n) is 1.79. The van der Waals surface area contributed by atoms with Crippen molar-refractivity contribution in [3.05, 3.63) is 41.6 Å². The van der Waals surface area contributed by atoms with Gasteiger partial charge in [-0.05, 0) is 30.5 Å². The van der Waals surface area contributed by atoms with E-state index in [4.69, 9.17) is 5.26 Å². The average molecular weight is 315 g/mol. The van der Waals surface area contributed by atoms with Gasteiger partial charge in [0.2, 0.25) is 0 Å². The van der Waals surface area contributed by atoms with Gasteiger partial charge in [0.25, 0.3) is 5.91 Å². The third-order valence-corrected chi connectivity index (χ3v) is 3.12. The molecule has 122 valence electrons. The molecule has 0 aromatic heterocycles. The second-order valence-electron chi connectivity index (χ2n) is 4.88. The summed E-state index contributed by atoms with van der Waals surface area (Å²) in [6.45, 7) is 2.03. The molecule has 0 aliphatic heterocycles. The normalized spacial score (nSPS) is 10.6. The molecule has 0 atom stereocenters. The smallest absolute Gasteiger partial charge is 0.325 e. The summed E-state index contributed by atoms with van der Waals surface area (Å²) in [5, 5.41) is 14.2. The highest BCUT2D eigenvalue weighted by molar-refractivity contribution is 6.06. The molecule has 0 aliphatic carbocycles. The van der Waals surface area contributed by atoms with Crippen molar-refractivity contribution in [3.8, 4) is 6.07 Å². The Morgan fingerprint density at radius 2 is 2.00 bits per heavy atom. The van der Waals surface area contributed by atoms with Crippen LogP contribution in [-0.2, 0) is 20.7 Å². The molecular formula is C17H21N3O3. The van der Waals surface area contributed by atoms with Crippen molar-refractivity contribution in [2.24, 2.45) is 0 Å². The minimum atomic E-state index is -0.536. The Kier molecular flexibility index (Phi) is 7.94. The van der Waals surface area contributed by atoms with E-state index < -0.39 is 11.9 Å². The summed E-state index contributed by atoms with van der Waals surface area (Å²) in [5.41, 5.74) is 1.70. The molecule has 2 N–H and O–H groups in total. The van der Waals surface area contributed by atoms with Gasteiger partial charge in [-0.3, -0.25) is 9.59 Å². The van der Waals surface area contributed by atoms with Crippen molar-refractivity contribution in [1.29, 1.82) is 5.26 Å². The largest absolute Gasteiger partial charge is 0.468 e. The van der Waals surface area contributed by atoms with Crippen LogP contribution in [0.5, 0.6) is 0 Å². The highest BCUT2D eigenvalue weighted by Crippen LogP contribution is 2.12. The number of benzene rings is 1. The number of rotatable bonds is 8. The van der Waals surface area contributed by atoms with Gasteiger partial charge in [0, 0.05) is 11.9 Å². The zero-order valence-corrected chi connectivity index (χ0v) is 13.4. The number of nitriles is 1. The van der Waals surface area contributed by atoms with Crippen molar-refractivity contribution < 1.29 is 14.3 Å². The van der Waals surface area contributed by atoms with Crippen LogP contribution in [0, 0.1) is 11.3 Å². The summed E-state index contributed by atoms with van der Waals surface area (Å²) in [7, 11) is 1.26. The van der Waals surface area contributed by atoms with Gasteiger partial charge in [0.1, 0.15) is 18.2 Å². The van der Waals surface area contributed by atoms with Crippen LogP contribution in [0.3, 0.4) is 0 Å².